The van der Waals surface area contributed by atoms with Gasteiger partial charge in [-0.05, 0) is 131 Å². The van der Waals surface area contributed by atoms with Crippen LogP contribution in [0.1, 0.15) is 151 Å². The first-order valence-electron chi connectivity index (χ1n) is 29.5. The lowest BCUT2D eigenvalue weighted by atomic mass is 9.62. The van der Waals surface area contributed by atoms with Crippen molar-refractivity contribution in [2.45, 2.75) is 220 Å². The standard InChI is InChI=1S/C16H22ClNO4.C16H23NO4.2C14H19NO4/c1-2-15-11(8-9-17)13(20)18-16(15,14(21)22-15)12(19)10-6-4-3-5-7-10;1-3-7-11-13(19)17-16(14(20)21-15(11,16)2)12(18)10-8-5-4-6-9-10;2*1-8-11(17)15-14(12(18)19-13(8,14)2)10(16)9-6-4-3-5-7-9/h4,6,10-12,19H,2-3,5,7-9H2,1H3,(H,18,20);5,8,10-12,18H,3-4,6-7,9H2,1-2H3,(H,17,19);2*4,6,8-10,16H,3,5,7H2,1-2H3,(H,15,17)/t2*10-,11+,12+,15+,16+;8-,9+,10-,13-,14-;8-,9-,10+,13+,14+/m1101/s1. The summed E-state index contributed by atoms with van der Waals surface area (Å²) in [6.45, 7) is 12.6. The van der Waals surface area contributed by atoms with Crippen LogP contribution in [0.15, 0.2) is 48.6 Å². The van der Waals surface area contributed by atoms with Gasteiger partial charge in [0.1, 0.15) is 0 Å². The van der Waals surface area contributed by atoms with E-state index >= 15 is 0 Å². The molecule has 20 nitrogen and oxygen atoms in total. The average molecular weight is 1150 g/mol. The van der Waals surface area contributed by atoms with Crippen molar-refractivity contribution in [1.82, 2.24) is 21.3 Å². The number of amides is 4. The van der Waals surface area contributed by atoms with Crippen LogP contribution in [0.25, 0.3) is 0 Å². The molecular weight excluding hydrogens is 1070 g/mol. The first kappa shape index (κ1) is 60.4. The second kappa shape index (κ2) is 22.1. The molecule has 81 heavy (non-hydrogen) atoms. The fourth-order valence-corrected chi connectivity index (χ4v) is 15.9. The fourth-order valence-electron chi connectivity index (χ4n) is 15.7. The Morgan fingerprint density at radius 3 is 1.11 bits per heavy atom. The van der Waals surface area contributed by atoms with E-state index in [0.29, 0.717) is 25.1 Å². The molecule has 4 aliphatic carbocycles. The van der Waals surface area contributed by atoms with E-state index in [9.17, 15) is 58.8 Å². The Morgan fingerprint density at radius 2 is 0.802 bits per heavy atom. The van der Waals surface area contributed by atoms with Crippen molar-refractivity contribution in [3.05, 3.63) is 48.6 Å². The minimum atomic E-state index is -1.32. The summed E-state index contributed by atoms with van der Waals surface area (Å²) in [6.07, 6.45) is 25.8. The zero-order valence-electron chi connectivity index (χ0n) is 47.6. The van der Waals surface area contributed by atoms with Crippen molar-refractivity contribution in [2.24, 2.45) is 47.3 Å². The summed E-state index contributed by atoms with van der Waals surface area (Å²) >= 11 is 5.82. The van der Waals surface area contributed by atoms with E-state index in [4.69, 9.17) is 30.5 Å². The van der Waals surface area contributed by atoms with E-state index in [2.05, 4.69) is 21.3 Å². The number of ether oxygens (including phenoxy) is 4. The molecule has 4 amide bonds. The van der Waals surface area contributed by atoms with Crippen molar-refractivity contribution >= 4 is 59.1 Å². The monoisotopic (exact) mass is 1150 g/mol. The lowest BCUT2D eigenvalue weighted by Gasteiger charge is -2.56. The molecule has 0 saturated carbocycles. The fraction of sp³-hybridized carbons (Fsp3) is 0.733. The molecule has 0 spiro atoms. The second-order valence-corrected chi connectivity index (χ2v) is 25.4. The van der Waals surface area contributed by atoms with Crippen molar-refractivity contribution in [1.29, 1.82) is 0 Å². The number of esters is 4. The van der Waals surface area contributed by atoms with Crippen LogP contribution in [0, 0.1) is 47.3 Å². The van der Waals surface area contributed by atoms with Gasteiger partial charge in [0, 0.05) is 29.6 Å². The summed E-state index contributed by atoms with van der Waals surface area (Å²) < 4.78 is 21.4. The zero-order valence-corrected chi connectivity index (χ0v) is 48.4. The van der Waals surface area contributed by atoms with Gasteiger partial charge in [0.2, 0.25) is 45.8 Å². The molecule has 0 bridgehead atoms. The number of carbonyl (C=O) groups is 8. The van der Waals surface area contributed by atoms with Gasteiger partial charge in [0.05, 0.1) is 48.1 Å². The Morgan fingerprint density at radius 1 is 0.481 bits per heavy atom. The number of nitrogens with one attached hydrogen (secondary N) is 4. The molecule has 0 aromatic heterocycles. The molecule has 446 valence electrons. The summed E-state index contributed by atoms with van der Waals surface area (Å²) in [5, 5.41) is 54.1. The predicted octanol–water partition coefficient (Wildman–Crippen LogP) is 3.87. The predicted molar refractivity (Wildman–Crippen MR) is 292 cm³/mol. The number of fused-ring (bicyclic) bond motifs is 4. The molecule has 8 heterocycles. The Kier molecular flexibility index (Phi) is 16.5. The third kappa shape index (κ3) is 8.53. The van der Waals surface area contributed by atoms with Gasteiger partial charge in [-0.25, -0.2) is 19.2 Å². The number of aliphatic hydroxyl groups excluding tert-OH is 4. The molecule has 20 atom stereocenters. The van der Waals surface area contributed by atoms with Crippen LogP contribution >= 0.6 is 11.6 Å². The van der Waals surface area contributed by atoms with Crippen LogP contribution in [-0.4, -0.2) is 143 Å². The SMILES string of the molecule is CCC[C@H]1C(=O)N[C@@]2([C@@H](O)[C@@H]3C=CCCC3)C(=O)O[C@@]12C.CC[C@@]12OC(=O)[C@]1([C@@H](O)[C@@H]1C=CCCC1)NC(=O)[C@@H]2CCCl.C[C@@H]1C(=O)N[C@@]2([C@@H](O)[C@@H]3C=CCCC3)C(=O)O[C@@]12C.C[C@H]1C(=O)N[C@@]2([C@@H](O)[C@@H]3C=CCCC3)C(=O)O[C@@]12C. The molecule has 8 fully saturated rings. The lowest BCUT2D eigenvalue weighted by Crippen LogP contribution is -2.80. The van der Waals surface area contributed by atoms with Gasteiger partial charge in [-0.2, -0.15) is 0 Å². The van der Waals surface area contributed by atoms with Gasteiger partial charge < -0.3 is 60.6 Å². The highest BCUT2D eigenvalue weighted by molar-refractivity contribution is 6.18. The molecular formula is C60H83ClN4O16. The molecule has 8 N–H and O–H groups in total. The van der Waals surface area contributed by atoms with E-state index in [1.165, 1.54) is 0 Å². The van der Waals surface area contributed by atoms with E-state index in [1.54, 1.807) is 34.6 Å². The highest BCUT2D eigenvalue weighted by Gasteiger charge is 2.83. The molecule has 21 heteroatoms. The van der Waals surface area contributed by atoms with Crippen LogP contribution in [-0.2, 0) is 57.3 Å². The number of hydrogen-bond donors (Lipinski definition) is 8. The zero-order chi connectivity index (χ0) is 58.9. The van der Waals surface area contributed by atoms with E-state index in [0.717, 1.165) is 83.5 Å². The van der Waals surface area contributed by atoms with Crippen LogP contribution in [0.3, 0.4) is 0 Å². The number of carbonyl (C=O) groups excluding carboxylic acids is 8. The molecule has 0 unspecified atom stereocenters. The van der Waals surface area contributed by atoms with Crippen LogP contribution < -0.4 is 21.3 Å². The summed E-state index contributed by atoms with van der Waals surface area (Å²) in [6, 6.07) is 0. The molecule has 12 rings (SSSR count). The molecule has 12 aliphatic rings. The first-order valence-corrected chi connectivity index (χ1v) is 30.1. The topological polar surface area (TPSA) is 303 Å². The van der Waals surface area contributed by atoms with Crippen LogP contribution in [0.2, 0.25) is 0 Å². The Bertz CT molecular complexity index is 2600. The van der Waals surface area contributed by atoms with Crippen LogP contribution in [0.5, 0.6) is 0 Å². The smallest absolute Gasteiger partial charge is 0.339 e. The first-order chi connectivity index (χ1) is 38.4. The summed E-state index contributed by atoms with van der Waals surface area (Å²) in [5.41, 5.74) is -8.90. The average Bonchev–Trinajstić information content (AvgIpc) is 2.15. The number of hydrogen-bond acceptors (Lipinski definition) is 16. The van der Waals surface area contributed by atoms with Gasteiger partial charge in [-0.3, -0.25) is 19.2 Å². The minimum absolute atomic E-state index is 0.105. The lowest BCUT2D eigenvalue weighted by molar-refractivity contribution is -0.244. The van der Waals surface area contributed by atoms with Crippen molar-refractivity contribution < 1.29 is 77.7 Å². The number of alkyl halides is 1. The van der Waals surface area contributed by atoms with E-state index in [-0.39, 0.29) is 53.2 Å². The third-order valence-corrected chi connectivity index (χ3v) is 21.4. The Labute approximate surface area is 478 Å². The van der Waals surface area contributed by atoms with Crippen LogP contribution in [0.4, 0.5) is 0 Å². The van der Waals surface area contributed by atoms with Crippen molar-refractivity contribution in [3.8, 4) is 0 Å². The maximum Gasteiger partial charge on any atom is 0.339 e. The summed E-state index contributed by atoms with van der Waals surface area (Å²) in [4.78, 5) is 97.0. The maximum absolute atomic E-state index is 12.4. The Hall–Kier alpha value is -5.15. The number of rotatable bonds is 13. The minimum Gasteiger partial charge on any atom is -0.453 e. The number of aliphatic hydroxyl groups is 4. The molecule has 0 aromatic rings. The number of halogens is 1. The maximum atomic E-state index is 12.4. The van der Waals surface area contributed by atoms with E-state index in [1.807, 2.05) is 62.5 Å². The molecule has 0 aromatic carbocycles. The molecule has 8 aliphatic heterocycles. The van der Waals surface area contributed by atoms with Gasteiger partial charge in [0.15, 0.2) is 22.4 Å². The van der Waals surface area contributed by atoms with Crippen molar-refractivity contribution in [2.75, 3.05) is 5.88 Å². The highest BCUT2D eigenvalue weighted by Crippen LogP contribution is 2.57. The normalized spacial score (nSPS) is 44.0. The molecule has 0 radical (unpaired) electrons. The quantitative estimate of drug-likeness (QED) is 0.0562. The van der Waals surface area contributed by atoms with Gasteiger partial charge >= 0.3 is 23.9 Å². The summed E-state index contributed by atoms with van der Waals surface area (Å²) in [5.74, 6) is -4.81. The molecule has 8 saturated heterocycles. The number of allylic oxidation sites excluding steroid dienone is 4. The Balaban J connectivity index is 0.000000131. The second-order valence-electron chi connectivity index (χ2n) is 25.0. The van der Waals surface area contributed by atoms with E-state index < -0.39 is 111 Å². The third-order valence-electron chi connectivity index (χ3n) is 21.1. The van der Waals surface area contributed by atoms with Gasteiger partial charge in [0.25, 0.3) is 0 Å². The highest BCUT2D eigenvalue weighted by atomic mass is 35.5. The van der Waals surface area contributed by atoms with Gasteiger partial charge in [-0.15, -0.1) is 11.6 Å². The van der Waals surface area contributed by atoms with Crippen molar-refractivity contribution in [3.63, 3.8) is 0 Å². The van der Waals surface area contributed by atoms with Gasteiger partial charge in [-0.1, -0.05) is 68.9 Å². The summed E-state index contributed by atoms with van der Waals surface area (Å²) in [7, 11) is 0. The largest absolute Gasteiger partial charge is 0.453 e.